The Morgan fingerprint density at radius 1 is 1.22 bits per heavy atom. The van der Waals surface area contributed by atoms with E-state index in [0.717, 1.165) is 42.9 Å². The molecule has 1 aliphatic heterocycles. The van der Waals surface area contributed by atoms with Gasteiger partial charge in [-0.3, -0.25) is 0 Å². The summed E-state index contributed by atoms with van der Waals surface area (Å²) in [5, 5.41) is 6.88. The van der Waals surface area contributed by atoms with Gasteiger partial charge in [0, 0.05) is 31.8 Å². The van der Waals surface area contributed by atoms with Crippen molar-refractivity contribution in [3.63, 3.8) is 0 Å². The number of urea groups is 1. The van der Waals surface area contributed by atoms with E-state index in [1.165, 1.54) is 0 Å². The fourth-order valence-corrected chi connectivity index (χ4v) is 3.61. The minimum atomic E-state index is -0.468. The maximum atomic E-state index is 12.4. The Morgan fingerprint density at radius 2 is 2.03 bits per heavy atom. The predicted octanol–water partition coefficient (Wildman–Crippen LogP) is 4.36. The van der Waals surface area contributed by atoms with Gasteiger partial charge in [-0.05, 0) is 36.1 Å². The second-order valence-corrected chi connectivity index (χ2v) is 8.66. The molecule has 2 aromatic rings. The molecule has 1 fully saturated rings. The maximum absolute atomic E-state index is 12.4. The Labute approximate surface area is 213 Å². The summed E-state index contributed by atoms with van der Waals surface area (Å²) < 4.78 is 22.2. The smallest absolute Gasteiger partial charge is 0.339 e. The third-order valence-electron chi connectivity index (χ3n) is 5.56. The highest BCUT2D eigenvalue weighted by atomic mass is 16.7. The Bertz CT molecular complexity index is 991. The van der Waals surface area contributed by atoms with Crippen molar-refractivity contribution >= 4 is 23.8 Å². The van der Waals surface area contributed by atoms with Crippen molar-refractivity contribution in [1.29, 1.82) is 0 Å². The summed E-state index contributed by atoms with van der Waals surface area (Å²) >= 11 is 0. The molecule has 0 bridgehead atoms. The summed E-state index contributed by atoms with van der Waals surface area (Å²) in [7, 11) is 1.58. The van der Waals surface area contributed by atoms with Gasteiger partial charge in [-0.2, -0.15) is 5.10 Å². The number of aromatic nitrogens is 1. The van der Waals surface area contributed by atoms with Crippen LogP contribution in [0.15, 0.2) is 35.6 Å². The summed E-state index contributed by atoms with van der Waals surface area (Å²) in [4.78, 5) is 19.0. The molecule has 10 heteroatoms. The summed E-state index contributed by atoms with van der Waals surface area (Å²) in [5.74, 6) is 2.40. The number of unbranched alkanes of at least 4 members (excludes halogenated alkanes) is 1. The summed E-state index contributed by atoms with van der Waals surface area (Å²) in [5.41, 5.74) is 4.82. The second kappa shape index (κ2) is 14.3. The molecule has 36 heavy (non-hydrogen) atoms. The molecule has 2 N–H and O–H groups in total. The molecule has 0 atom stereocenters. The van der Waals surface area contributed by atoms with Gasteiger partial charge in [0.1, 0.15) is 17.3 Å². The molecule has 1 aromatic carbocycles. The first-order valence-electron chi connectivity index (χ1n) is 12.3. The zero-order chi connectivity index (χ0) is 25.8. The highest BCUT2D eigenvalue weighted by Crippen LogP contribution is 2.33. The van der Waals surface area contributed by atoms with Crippen molar-refractivity contribution in [2.24, 2.45) is 5.10 Å². The number of nitrogens with one attached hydrogen (secondary N) is 2. The van der Waals surface area contributed by atoms with Crippen molar-refractivity contribution < 1.29 is 23.7 Å². The molecule has 1 aromatic heterocycles. The van der Waals surface area contributed by atoms with Crippen LogP contribution in [-0.2, 0) is 9.47 Å². The topological polar surface area (TPSA) is 107 Å². The second-order valence-electron chi connectivity index (χ2n) is 8.66. The third-order valence-corrected chi connectivity index (χ3v) is 5.56. The number of pyridine rings is 1. The molecule has 2 amide bonds. The third kappa shape index (κ3) is 8.10. The number of morpholine rings is 1. The number of rotatable bonds is 12. The SMILES string of the molecule is CCCCOc1cc(OCOC)c(C(C)C)cc1/C=N/NC(=O)Nc1ccc(N2CCOCC2)nc1. The molecule has 2 heterocycles. The van der Waals surface area contributed by atoms with Crippen molar-refractivity contribution in [1.82, 2.24) is 10.4 Å². The van der Waals surface area contributed by atoms with E-state index in [0.29, 0.717) is 37.0 Å². The van der Waals surface area contributed by atoms with E-state index in [-0.39, 0.29) is 12.7 Å². The van der Waals surface area contributed by atoms with Gasteiger partial charge >= 0.3 is 6.03 Å². The van der Waals surface area contributed by atoms with E-state index in [1.54, 1.807) is 19.5 Å². The first-order valence-corrected chi connectivity index (χ1v) is 12.3. The van der Waals surface area contributed by atoms with Crippen LogP contribution in [0.2, 0.25) is 0 Å². The van der Waals surface area contributed by atoms with Gasteiger partial charge in [-0.25, -0.2) is 15.2 Å². The van der Waals surface area contributed by atoms with Gasteiger partial charge in [-0.15, -0.1) is 0 Å². The number of methoxy groups -OCH3 is 1. The molecule has 0 spiro atoms. The van der Waals surface area contributed by atoms with Gasteiger partial charge in [0.15, 0.2) is 6.79 Å². The van der Waals surface area contributed by atoms with Crippen LogP contribution in [0.3, 0.4) is 0 Å². The van der Waals surface area contributed by atoms with Crippen LogP contribution in [0.5, 0.6) is 11.5 Å². The van der Waals surface area contributed by atoms with E-state index in [9.17, 15) is 4.79 Å². The molecule has 3 rings (SSSR count). The first-order chi connectivity index (χ1) is 17.5. The largest absolute Gasteiger partial charge is 0.493 e. The molecule has 196 valence electrons. The van der Waals surface area contributed by atoms with E-state index >= 15 is 0 Å². The van der Waals surface area contributed by atoms with E-state index in [2.05, 4.69) is 46.5 Å². The van der Waals surface area contributed by atoms with Gasteiger partial charge in [0.05, 0.1) is 37.9 Å². The summed E-state index contributed by atoms with van der Waals surface area (Å²) in [6, 6.07) is 7.05. The average Bonchev–Trinajstić information content (AvgIpc) is 2.89. The molecule has 1 aliphatic rings. The number of benzene rings is 1. The Balaban J connectivity index is 1.66. The normalized spacial score (nSPS) is 13.8. The van der Waals surface area contributed by atoms with Crippen molar-refractivity contribution in [2.45, 2.75) is 39.5 Å². The molecular formula is C26H37N5O5. The van der Waals surface area contributed by atoms with Crippen LogP contribution < -0.4 is 25.1 Å². The first kappa shape index (κ1) is 27.2. The van der Waals surface area contributed by atoms with E-state index in [1.807, 2.05) is 24.3 Å². The lowest BCUT2D eigenvalue weighted by Gasteiger charge is -2.27. The zero-order valence-corrected chi connectivity index (χ0v) is 21.6. The number of nitrogens with zero attached hydrogens (tertiary/aromatic N) is 3. The molecule has 0 aliphatic carbocycles. The van der Waals surface area contributed by atoms with E-state index in [4.69, 9.17) is 18.9 Å². The van der Waals surface area contributed by atoms with Crippen LogP contribution in [0.4, 0.5) is 16.3 Å². The fourth-order valence-electron chi connectivity index (χ4n) is 3.61. The molecule has 0 unspecified atom stereocenters. The van der Waals surface area contributed by atoms with Gasteiger partial charge in [0.2, 0.25) is 0 Å². The predicted molar refractivity (Wildman–Crippen MR) is 140 cm³/mol. The Hall–Kier alpha value is -3.37. The lowest BCUT2D eigenvalue weighted by atomic mass is 9.99. The Morgan fingerprint density at radius 3 is 2.69 bits per heavy atom. The molecule has 0 radical (unpaired) electrons. The minimum Gasteiger partial charge on any atom is -0.493 e. The molecular weight excluding hydrogens is 462 g/mol. The number of hydrogen-bond acceptors (Lipinski definition) is 8. The molecule has 1 saturated heterocycles. The fraction of sp³-hybridized carbons (Fsp3) is 0.500. The average molecular weight is 500 g/mol. The van der Waals surface area contributed by atoms with Crippen molar-refractivity contribution in [2.75, 3.05) is 57.0 Å². The van der Waals surface area contributed by atoms with Crippen LogP contribution in [0, 0.1) is 0 Å². The van der Waals surface area contributed by atoms with Crippen LogP contribution in [0.25, 0.3) is 0 Å². The van der Waals surface area contributed by atoms with Crippen molar-refractivity contribution in [3.8, 4) is 11.5 Å². The lowest BCUT2D eigenvalue weighted by molar-refractivity contribution is 0.0501. The number of carbonyl (C=O) groups excluding carboxylic acids is 1. The quantitative estimate of drug-likeness (QED) is 0.193. The highest BCUT2D eigenvalue weighted by molar-refractivity contribution is 5.91. The van der Waals surface area contributed by atoms with Gasteiger partial charge in [0.25, 0.3) is 0 Å². The van der Waals surface area contributed by atoms with Gasteiger partial charge < -0.3 is 29.2 Å². The summed E-state index contributed by atoms with van der Waals surface area (Å²) in [6.45, 7) is 9.97. The van der Waals surface area contributed by atoms with Crippen LogP contribution >= 0.6 is 0 Å². The van der Waals surface area contributed by atoms with Crippen molar-refractivity contribution in [3.05, 3.63) is 41.6 Å². The number of anilines is 2. The van der Waals surface area contributed by atoms with Gasteiger partial charge in [-0.1, -0.05) is 27.2 Å². The lowest BCUT2D eigenvalue weighted by Crippen LogP contribution is -2.36. The standard InChI is InChI=1S/C26H37N5O5/c1-5-6-11-35-23-15-24(36-18-33-4)22(19(2)3)14-20(23)16-28-30-26(32)29-21-7-8-25(27-17-21)31-9-12-34-13-10-31/h7-8,14-17,19H,5-6,9-13,18H2,1-4H3,(H2,29,30,32)/b28-16+. The zero-order valence-electron chi connectivity index (χ0n) is 21.6. The van der Waals surface area contributed by atoms with E-state index < -0.39 is 6.03 Å². The number of hydrazone groups is 1. The Kier molecular flexibility index (Phi) is 10.8. The number of amides is 2. The highest BCUT2D eigenvalue weighted by Gasteiger charge is 2.15. The number of hydrogen-bond donors (Lipinski definition) is 2. The monoisotopic (exact) mass is 499 g/mol. The molecule has 10 nitrogen and oxygen atoms in total. The van der Waals surface area contributed by atoms with Crippen LogP contribution in [-0.4, -0.2) is 64.0 Å². The van der Waals surface area contributed by atoms with Crippen LogP contribution in [0.1, 0.15) is 50.7 Å². The molecule has 0 saturated carbocycles. The summed E-state index contributed by atoms with van der Waals surface area (Å²) in [6.07, 6.45) is 5.15. The number of carbonyl (C=O) groups is 1. The minimum absolute atomic E-state index is 0.144. The maximum Gasteiger partial charge on any atom is 0.339 e. The number of ether oxygens (including phenoxy) is 4.